The van der Waals surface area contributed by atoms with E-state index < -0.39 is 0 Å². The van der Waals surface area contributed by atoms with Crippen molar-refractivity contribution < 1.29 is 4.79 Å². The molecule has 3 aromatic carbocycles. The Morgan fingerprint density at radius 3 is 2.67 bits per heavy atom. The lowest BCUT2D eigenvalue weighted by atomic mass is 10.1. The maximum Gasteiger partial charge on any atom is 0.255 e. The van der Waals surface area contributed by atoms with Gasteiger partial charge < -0.3 is 5.32 Å². The zero-order chi connectivity index (χ0) is 18.8. The summed E-state index contributed by atoms with van der Waals surface area (Å²) in [6, 6.07) is 20.7. The molecule has 5 nitrogen and oxygen atoms in total. The Morgan fingerprint density at radius 2 is 1.89 bits per heavy atom. The minimum Gasteiger partial charge on any atom is -0.322 e. The number of carbonyl (C=O) groups excluding carboxylic acids is 1. The van der Waals surface area contributed by atoms with Gasteiger partial charge >= 0.3 is 0 Å². The highest BCUT2D eigenvalue weighted by Gasteiger charge is 2.11. The van der Waals surface area contributed by atoms with Gasteiger partial charge in [0.15, 0.2) is 0 Å². The molecule has 0 atom stereocenters. The van der Waals surface area contributed by atoms with Gasteiger partial charge in [-0.15, -0.1) is 5.10 Å². The molecular formula is C21H17ClN4O. The molecule has 134 valence electrons. The third-order valence-corrected chi connectivity index (χ3v) is 4.55. The van der Waals surface area contributed by atoms with Crippen molar-refractivity contribution >= 4 is 34.2 Å². The van der Waals surface area contributed by atoms with Crippen molar-refractivity contribution in [1.29, 1.82) is 0 Å². The third-order valence-electron chi connectivity index (χ3n) is 4.31. The minimum absolute atomic E-state index is 0.216. The average Bonchev–Trinajstić information content (AvgIpc) is 3.06. The van der Waals surface area contributed by atoms with Gasteiger partial charge in [0.05, 0.1) is 12.1 Å². The van der Waals surface area contributed by atoms with Gasteiger partial charge in [0.2, 0.25) is 0 Å². The number of nitrogens with one attached hydrogen (secondary N) is 1. The Bertz CT molecular complexity index is 1120. The summed E-state index contributed by atoms with van der Waals surface area (Å²) in [5.41, 5.74) is 5.10. The van der Waals surface area contributed by atoms with Crippen LogP contribution in [0.15, 0.2) is 66.7 Å². The van der Waals surface area contributed by atoms with Gasteiger partial charge in [-0.05, 0) is 48.9 Å². The third kappa shape index (κ3) is 3.83. The Morgan fingerprint density at radius 1 is 1.07 bits per heavy atom. The van der Waals surface area contributed by atoms with E-state index in [-0.39, 0.29) is 5.91 Å². The molecule has 0 aliphatic rings. The number of nitrogens with zero attached hydrogens (tertiary/aromatic N) is 3. The smallest absolute Gasteiger partial charge is 0.255 e. The van der Waals surface area contributed by atoms with Gasteiger partial charge in [-0.1, -0.05) is 52.7 Å². The number of carbonyl (C=O) groups is 1. The molecule has 27 heavy (non-hydrogen) atoms. The largest absolute Gasteiger partial charge is 0.322 e. The molecule has 1 N–H and O–H groups in total. The molecule has 0 radical (unpaired) electrons. The van der Waals surface area contributed by atoms with E-state index in [0.29, 0.717) is 28.3 Å². The summed E-state index contributed by atoms with van der Waals surface area (Å²) in [7, 11) is 0. The fraction of sp³-hybridized carbons (Fsp3) is 0.0952. The molecule has 0 aliphatic carbocycles. The summed E-state index contributed by atoms with van der Waals surface area (Å²) in [4.78, 5) is 12.5. The number of benzene rings is 3. The number of anilines is 1. The molecule has 0 spiro atoms. The topological polar surface area (TPSA) is 59.8 Å². The number of aromatic nitrogens is 3. The zero-order valence-corrected chi connectivity index (χ0v) is 15.4. The van der Waals surface area contributed by atoms with Crippen molar-refractivity contribution in [2.45, 2.75) is 13.5 Å². The second kappa shape index (κ2) is 7.21. The van der Waals surface area contributed by atoms with Crippen LogP contribution in [0.2, 0.25) is 5.02 Å². The SMILES string of the molecule is Cc1ccc(Cn2nnc3cc(C(=O)Nc4cccc(Cl)c4)ccc32)cc1. The van der Waals surface area contributed by atoms with Crippen LogP contribution < -0.4 is 5.32 Å². The molecule has 4 rings (SSSR count). The molecule has 0 saturated carbocycles. The van der Waals surface area contributed by atoms with Crippen LogP contribution >= 0.6 is 11.6 Å². The van der Waals surface area contributed by atoms with Crippen molar-refractivity contribution in [3.63, 3.8) is 0 Å². The highest BCUT2D eigenvalue weighted by molar-refractivity contribution is 6.31. The fourth-order valence-corrected chi connectivity index (χ4v) is 3.06. The lowest BCUT2D eigenvalue weighted by Crippen LogP contribution is -2.11. The number of amides is 1. The van der Waals surface area contributed by atoms with Crippen LogP contribution in [-0.4, -0.2) is 20.9 Å². The van der Waals surface area contributed by atoms with Gasteiger partial charge in [-0.25, -0.2) is 4.68 Å². The van der Waals surface area contributed by atoms with E-state index in [1.54, 1.807) is 36.4 Å². The van der Waals surface area contributed by atoms with Crippen LogP contribution in [0.1, 0.15) is 21.5 Å². The predicted molar refractivity (Wildman–Crippen MR) is 107 cm³/mol. The highest BCUT2D eigenvalue weighted by atomic mass is 35.5. The highest BCUT2D eigenvalue weighted by Crippen LogP contribution is 2.18. The second-order valence-electron chi connectivity index (χ2n) is 6.40. The standard InChI is InChI=1S/C21H17ClN4O/c1-14-5-7-15(8-6-14)13-26-20-10-9-16(11-19(20)24-25-26)21(27)23-18-4-2-3-17(22)12-18/h2-12H,13H2,1H3,(H,23,27). The number of halogens is 1. The summed E-state index contributed by atoms with van der Waals surface area (Å²) in [5.74, 6) is -0.216. The average molecular weight is 377 g/mol. The molecule has 0 bridgehead atoms. The van der Waals surface area contributed by atoms with Crippen LogP contribution in [0, 0.1) is 6.92 Å². The Balaban J connectivity index is 1.56. The molecule has 1 amide bonds. The van der Waals surface area contributed by atoms with Gasteiger partial charge in [0, 0.05) is 16.3 Å². The first kappa shape index (κ1) is 17.2. The normalized spacial score (nSPS) is 10.9. The lowest BCUT2D eigenvalue weighted by molar-refractivity contribution is 0.102. The molecule has 1 aromatic heterocycles. The van der Waals surface area contributed by atoms with Crippen molar-refractivity contribution in [3.05, 3.63) is 88.4 Å². The maximum atomic E-state index is 12.5. The summed E-state index contributed by atoms with van der Waals surface area (Å²) >= 11 is 5.96. The number of aryl methyl sites for hydroxylation is 1. The molecule has 6 heteroatoms. The van der Waals surface area contributed by atoms with E-state index >= 15 is 0 Å². The first-order valence-electron chi connectivity index (χ1n) is 8.54. The van der Waals surface area contributed by atoms with E-state index in [0.717, 1.165) is 11.1 Å². The summed E-state index contributed by atoms with van der Waals surface area (Å²) in [6.07, 6.45) is 0. The van der Waals surface area contributed by atoms with E-state index in [1.165, 1.54) is 5.56 Å². The van der Waals surface area contributed by atoms with Crippen LogP contribution in [0.4, 0.5) is 5.69 Å². The second-order valence-corrected chi connectivity index (χ2v) is 6.84. The number of hydrogen-bond acceptors (Lipinski definition) is 3. The van der Waals surface area contributed by atoms with Crippen LogP contribution in [0.25, 0.3) is 11.0 Å². The lowest BCUT2D eigenvalue weighted by Gasteiger charge is -2.06. The van der Waals surface area contributed by atoms with E-state index in [2.05, 4.69) is 46.8 Å². The van der Waals surface area contributed by atoms with E-state index in [9.17, 15) is 4.79 Å². The van der Waals surface area contributed by atoms with Crippen LogP contribution in [0.5, 0.6) is 0 Å². The van der Waals surface area contributed by atoms with Crippen LogP contribution in [-0.2, 0) is 6.54 Å². The van der Waals surface area contributed by atoms with Crippen molar-refractivity contribution in [2.75, 3.05) is 5.32 Å². The van der Waals surface area contributed by atoms with Gasteiger partial charge in [-0.2, -0.15) is 0 Å². The summed E-state index contributed by atoms with van der Waals surface area (Å²) in [6.45, 7) is 2.69. The molecule has 0 saturated heterocycles. The first-order valence-corrected chi connectivity index (χ1v) is 8.92. The van der Waals surface area contributed by atoms with Gasteiger partial charge in [0.25, 0.3) is 5.91 Å². The van der Waals surface area contributed by atoms with E-state index in [1.807, 2.05) is 10.7 Å². The number of rotatable bonds is 4. The Labute approximate surface area is 161 Å². The molecule has 0 aliphatic heterocycles. The van der Waals surface area contributed by atoms with Crippen molar-refractivity contribution in [1.82, 2.24) is 15.0 Å². The molecule has 0 fully saturated rings. The number of hydrogen-bond donors (Lipinski definition) is 1. The molecular weight excluding hydrogens is 360 g/mol. The molecule has 0 unspecified atom stereocenters. The predicted octanol–water partition coefficient (Wildman–Crippen LogP) is 4.69. The van der Waals surface area contributed by atoms with E-state index in [4.69, 9.17) is 11.6 Å². The Hall–Kier alpha value is -3.18. The maximum absolute atomic E-state index is 12.5. The van der Waals surface area contributed by atoms with Crippen molar-refractivity contribution in [3.8, 4) is 0 Å². The van der Waals surface area contributed by atoms with Crippen molar-refractivity contribution in [2.24, 2.45) is 0 Å². The summed E-state index contributed by atoms with van der Waals surface area (Å²) < 4.78 is 1.83. The Kier molecular flexibility index (Phi) is 4.60. The number of fused-ring (bicyclic) bond motifs is 1. The molecule has 4 aromatic rings. The quantitative estimate of drug-likeness (QED) is 0.562. The van der Waals surface area contributed by atoms with Gasteiger partial charge in [-0.3, -0.25) is 4.79 Å². The summed E-state index contributed by atoms with van der Waals surface area (Å²) in [5, 5.41) is 11.8. The zero-order valence-electron chi connectivity index (χ0n) is 14.7. The monoisotopic (exact) mass is 376 g/mol. The first-order chi connectivity index (χ1) is 13.1. The minimum atomic E-state index is -0.216. The molecule has 1 heterocycles. The fourth-order valence-electron chi connectivity index (χ4n) is 2.87. The van der Waals surface area contributed by atoms with Crippen LogP contribution in [0.3, 0.4) is 0 Å². The van der Waals surface area contributed by atoms with Gasteiger partial charge in [0.1, 0.15) is 5.52 Å².